The van der Waals surface area contributed by atoms with Gasteiger partial charge in [-0.2, -0.15) is 0 Å². The van der Waals surface area contributed by atoms with Crippen molar-refractivity contribution in [2.75, 3.05) is 18.0 Å². The largest absolute Gasteiger partial charge is 0.352 e. The van der Waals surface area contributed by atoms with Crippen LogP contribution in [-0.4, -0.2) is 29.0 Å². The van der Waals surface area contributed by atoms with E-state index in [1.54, 1.807) is 0 Å². The van der Waals surface area contributed by atoms with E-state index in [0.717, 1.165) is 48.4 Å². The van der Waals surface area contributed by atoms with Crippen molar-refractivity contribution >= 4 is 22.9 Å². The number of H-pyrrole nitrogens is 1. The van der Waals surface area contributed by atoms with E-state index >= 15 is 0 Å². The molecule has 1 atom stereocenters. The quantitative estimate of drug-likeness (QED) is 0.708. The zero-order valence-electron chi connectivity index (χ0n) is 16.7. The van der Waals surface area contributed by atoms with Gasteiger partial charge in [-0.05, 0) is 55.0 Å². The second-order valence-corrected chi connectivity index (χ2v) is 7.75. The lowest BCUT2D eigenvalue weighted by Crippen LogP contribution is -2.43. The summed E-state index contributed by atoms with van der Waals surface area (Å²) in [5.41, 5.74) is 5.70. The first-order valence-corrected chi connectivity index (χ1v) is 10.2. The summed E-state index contributed by atoms with van der Waals surface area (Å²) in [4.78, 5) is 23.1. The van der Waals surface area contributed by atoms with Crippen LogP contribution in [0.15, 0.2) is 42.5 Å². The minimum atomic E-state index is -0.00128. The number of carbonyl (C=O) groups is 1. The van der Waals surface area contributed by atoms with Crippen LogP contribution in [0.3, 0.4) is 0 Å². The van der Waals surface area contributed by atoms with Gasteiger partial charge in [0.1, 0.15) is 0 Å². The Morgan fingerprint density at radius 2 is 2.00 bits per heavy atom. The Morgan fingerprint density at radius 3 is 2.79 bits per heavy atom. The molecule has 28 heavy (non-hydrogen) atoms. The number of aryl methyl sites for hydroxylation is 2. The average Bonchev–Trinajstić information content (AvgIpc) is 3.15. The molecule has 1 aromatic heterocycles. The number of nitrogens with one attached hydrogen (secondary N) is 2. The predicted octanol–water partition coefficient (Wildman–Crippen LogP) is 3.97. The number of aromatic amines is 1. The van der Waals surface area contributed by atoms with Gasteiger partial charge >= 0.3 is 0 Å². The molecule has 1 saturated heterocycles. The van der Waals surface area contributed by atoms with E-state index in [0.29, 0.717) is 13.1 Å². The average molecular weight is 377 g/mol. The zero-order valence-corrected chi connectivity index (χ0v) is 16.7. The van der Waals surface area contributed by atoms with Gasteiger partial charge in [0.05, 0.1) is 17.0 Å². The molecule has 3 aromatic rings. The van der Waals surface area contributed by atoms with Crippen molar-refractivity contribution in [2.45, 2.75) is 39.7 Å². The van der Waals surface area contributed by atoms with E-state index in [1.165, 1.54) is 11.1 Å². The summed E-state index contributed by atoms with van der Waals surface area (Å²) in [6.07, 6.45) is 2.96. The summed E-state index contributed by atoms with van der Waals surface area (Å²) < 4.78 is 0. The number of fused-ring (bicyclic) bond motifs is 1. The summed E-state index contributed by atoms with van der Waals surface area (Å²) in [5, 5.41) is 3.12. The van der Waals surface area contributed by atoms with E-state index in [-0.39, 0.29) is 11.8 Å². The molecule has 0 bridgehead atoms. The number of carbonyl (C=O) groups excluding carboxylic acids is 1. The van der Waals surface area contributed by atoms with Crippen LogP contribution in [0.5, 0.6) is 0 Å². The minimum Gasteiger partial charge on any atom is -0.352 e. The third-order valence-corrected chi connectivity index (χ3v) is 5.61. The first-order chi connectivity index (χ1) is 13.6. The zero-order chi connectivity index (χ0) is 19.5. The van der Waals surface area contributed by atoms with Crippen molar-refractivity contribution in [3.05, 3.63) is 59.2 Å². The van der Waals surface area contributed by atoms with Crippen molar-refractivity contribution in [2.24, 2.45) is 5.92 Å². The van der Waals surface area contributed by atoms with Crippen molar-refractivity contribution in [3.63, 3.8) is 0 Å². The molecule has 5 nitrogen and oxygen atoms in total. The third kappa shape index (κ3) is 4.03. The van der Waals surface area contributed by atoms with Gasteiger partial charge in [0.2, 0.25) is 11.9 Å². The number of imidazole rings is 1. The fourth-order valence-corrected chi connectivity index (χ4v) is 3.87. The monoisotopic (exact) mass is 376 g/mol. The molecule has 146 valence electrons. The van der Waals surface area contributed by atoms with Gasteiger partial charge in [-0.15, -0.1) is 0 Å². The molecule has 2 N–H and O–H groups in total. The SMILES string of the molecule is CCc1ccc(CNC(=O)[C@H]2CCCN(c3nc4ccc(C)cc4[nH]3)C2)cc1. The Bertz CT molecular complexity index is 960. The highest BCUT2D eigenvalue weighted by Crippen LogP contribution is 2.24. The number of aromatic nitrogens is 2. The van der Waals surface area contributed by atoms with Crippen LogP contribution in [-0.2, 0) is 17.8 Å². The molecule has 2 aromatic carbocycles. The third-order valence-electron chi connectivity index (χ3n) is 5.61. The Kier molecular flexibility index (Phi) is 5.33. The molecular formula is C23H28N4O. The first kappa shape index (κ1) is 18.5. The summed E-state index contributed by atoms with van der Waals surface area (Å²) >= 11 is 0. The molecule has 0 radical (unpaired) electrons. The Balaban J connectivity index is 1.38. The van der Waals surface area contributed by atoms with E-state index in [2.05, 4.69) is 65.4 Å². The lowest BCUT2D eigenvalue weighted by Gasteiger charge is -2.31. The molecule has 2 heterocycles. The molecule has 0 aliphatic carbocycles. The summed E-state index contributed by atoms with van der Waals surface area (Å²) in [5.74, 6) is 1.00. The van der Waals surface area contributed by atoms with Crippen molar-refractivity contribution < 1.29 is 4.79 Å². The maximum absolute atomic E-state index is 12.7. The number of anilines is 1. The maximum Gasteiger partial charge on any atom is 0.225 e. The highest BCUT2D eigenvalue weighted by atomic mass is 16.1. The van der Waals surface area contributed by atoms with E-state index < -0.39 is 0 Å². The van der Waals surface area contributed by atoms with Crippen molar-refractivity contribution in [1.29, 1.82) is 0 Å². The normalized spacial score (nSPS) is 17.1. The number of hydrogen-bond acceptors (Lipinski definition) is 3. The molecule has 1 fully saturated rings. The number of rotatable bonds is 5. The molecule has 0 spiro atoms. The van der Waals surface area contributed by atoms with Gasteiger partial charge in [0.15, 0.2) is 0 Å². The number of amides is 1. The number of piperidine rings is 1. The first-order valence-electron chi connectivity index (χ1n) is 10.2. The molecular weight excluding hydrogens is 348 g/mol. The van der Waals surface area contributed by atoms with E-state index in [1.807, 2.05) is 6.07 Å². The maximum atomic E-state index is 12.7. The fraction of sp³-hybridized carbons (Fsp3) is 0.391. The Labute approximate surface area is 166 Å². The van der Waals surface area contributed by atoms with Crippen LogP contribution in [0.25, 0.3) is 11.0 Å². The number of benzene rings is 2. The molecule has 1 amide bonds. The Hall–Kier alpha value is -2.82. The highest BCUT2D eigenvalue weighted by Gasteiger charge is 2.27. The van der Waals surface area contributed by atoms with Crippen LogP contribution in [0, 0.1) is 12.8 Å². The van der Waals surface area contributed by atoms with Crippen LogP contribution in [0.1, 0.15) is 36.5 Å². The van der Waals surface area contributed by atoms with Crippen molar-refractivity contribution in [3.8, 4) is 0 Å². The molecule has 0 unspecified atom stereocenters. The fourth-order valence-electron chi connectivity index (χ4n) is 3.87. The van der Waals surface area contributed by atoms with Crippen LogP contribution in [0.4, 0.5) is 5.95 Å². The second-order valence-electron chi connectivity index (χ2n) is 7.75. The summed E-state index contributed by atoms with van der Waals surface area (Å²) in [7, 11) is 0. The lowest BCUT2D eigenvalue weighted by molar-refractivity contribution is -0.125. The highest BCUT2D eigenvalue weighted by molar-refractivity contribution is 5.80. The van der Waals surface area contributed by atoms with Gasteiger partial charge in [-0.1, -0.05) is 37.3 Å². The Morgan fingerprint density at radius 1 is 1.21 bits per heavy atom. The molecule has 5 heteroatoms. The van der Waals surface area contributed by atoms with Gasteiger partial charge in [0.25, 0.3) is 0 Å². The minimum absolute atomic E-state index is 0.00128. The smallest absolute Gasteiger partial charge is 0.225 e. The predicted molar refractivity (Wildman–Crippen MR) is 113 cm³/mol. The summed E-state index contributed by atoms with van der Waals surface area (Å²) in [6.45, 7) is 6.45. The lowest BCUT2D eigenvalue weighted by atomic mass is 9.97. The van der Waals surface area contributed by atoms with Gasteiger partial charge < -0.3 is 15.2 Å². The van der Waals surface area contributed by atoms with Gasteiger partial charge in [-0.25, -0.2) is 4.98 Å². The van der Waals surface area contributed by atoms with Crippen LogP contribution in [0.2, 0.25) is 0 Å². The molecule has 1 aliphatic heterocycles. The molecule has 1 aliphatic rings. The van der Waals surface area contributed by atoms with Gasteiger partial charge in [-0.3, -0.25) is 4.79 Å². The summed E-state index contributed by atoms with van der Waals surface area (Å²) in [6, 6.07) is 14.7. The number of hydrogen-bond donors (Lipinski definition) is 2. The van der Waals surface area contributed by atoms with Crippen LogP contribution < -0.4 is 10.2 Å². The number of nitrogens with zero attached hydrogens (tertiary/aromatic N) is 2. The standard InChI is InChI=1S/C23H28N4O/c1-3-17-7-9-18(10-8-17)14-24-22(28)19-5-4-12-27(15-19)23-25-20-11-6-16(2)13-21(20)26-23/h6-11,13,19H,3-5,12,14-15H2,1-2H3,(H,24,28)(H,25,26)/t19-/m0/s1. The van der Waals surface area contributed by atoms with E-state index in [4.69, 9.17) is 4.98 Å². The van der Waals surface area contributed by atoms with E-state index in [9.17, 15) is 4.79 Å². The molecule has 4 rings (SSSR count). The topological polar surface area (TPSA) is 61.0 Å². The van der Waals surface area contributed by atoms with Crippen LogP contribution >= 0.6 is 0 Å². The van der Waals surface area contributed by atoms with Crippen molar-refractivity contribution in [1.82, 2.24) is 15.3 Å². The second kappa shape index (κ2) is 8.05. The van der Waals surface area contributed by atoms with Gasteiger partial charge in [0, 0.05) is 19.6 Å². The molecule has 0 saturated carbocycles.